The third kappa shape index (κ3) is 6.41. The number of aromatic nitrogens is 1. The summed E-state index contributed by atoms with van der Waals surface area (Å²) in [4.78, 5) is 36.7. The van der Waals surface area contributed by atoms with Crippen LogP contribution >= 0.6 is 0 Å². The summed E-state index contributed by atoms with van der Waals surface area (Å²) >= 11 is 0. The zero-order chi connectivity index (χ0) is 31.6. The first-order valence-electron chi connectivity index (χ1n) is 16.0. The summed E-state index contributed by atoms with van der Waals surface area (Å²) in [5, 5.41) is 0. The van der Waals surface area contributed by atoms with E-state index >= 15 is 0 Å². The average molecular weight is 608 g/mol. The molecule has 2 amide bonds. The Balaban J connectivity index is 1.22. The predicted octanol–water partition coefficient (Wildman–Crippen LogP) is 4.78. The number of hydrogen-bond acceptors (Lipinski definition) is 5. The van der Waals surface area contributed by atoms with E-state index in [1.54, 1.807) is 7.11 Å². The van der Waals surface area contributed by atoms with Gasteiger partial charge in [-0.05, 0) is 75.9 Å². The number of rotatable bonds is 8. The molecule has 1 aliphatic carbocycles. The second-order valence-corrected chi connectivity index (χ2v) is 12.8. The number of amides is 2. The maximum atomic E-state index is 14.3. The molecule has 2 atom stereocenters. The number of fused-ring (bicyclic) bond motifs is 2. The van der Waals surface area contributed by atoms with Gasteiger partial charge in [-0.1, -0.05) is 60.7 Å². The molecule has 2 unspecified atom stereocenters. The summed E-state index contributed by atoms with van der Waals surface area (Å²) in [6.07, 6.45) is 7.11. The monoisotopic (exact) mass is 607 g/mol. The van der Waals surface area contributed by atoms with Crippen molar-refractivity contribution in [3.8, 4) is 0 Å². The van der Waals surface area contributed by atoms with Gasteiger partial charge in [-0.2, -0.15) is 0 Å². The molecule has 6 rings (SSSR count). The lowest BCUT2D eigenvalue weighted by atomic mass is 9.78. The summed E-state index contributed by atoms with van der Waals surface area (Å²) in [6, 6.07) is 22.2. The number of hydrogen-bond donors (Lipinski definition) is 0. The molecule has 8 nitrogen and oxygen atoms in total. The first-order chi connectivity index (χ1) is 21.8. The molecule has 1 aromatic heterocycles. The maximum absolute atomic E-state index is 14.3. The first kappa shape index (κ1) is 31.0. The van der Waals surface area contributed by atoms with E-state index in [0.717, 1.165) is 68.2 Å². The minimum atomic E-state index is -0.678. The molecule has 0 N–H and O–H groups in total. The molecule has 0 radical (unpaired) electrons. The van der Waals surface area contributed by atoms with E-state index < -0.39 is 5.60 Å². The molecule has 3 heterocycles. The quantitative estimate of drug-likeness (QED) is 0.369. The summed E-state index contributed by atoms with van der Waals surface area (Å²) < 4.78 is 8.14. The molecule has 45 heavy (non-hydrogen) atoms. The third-order valence-corrected chi connectivity index (χ3v) is 9.58. The van der Waals surface area contributed by atoms with Crippen molar-refractivity contribution in [2.45, 2.75) is 38.0 Å². The molecular weight excluding hydrogens is 562 g/mol. The van der Waals surface area contributed by atoms with Gasteiger partial charge in [0.25, 0.3) is 11.8 Å². The van der Waals surface area contributed by atoms with Crippen molar-refractivity contribution in [2.24, 2.45) is 0 Å². The molecule has 1 fully saturated rings. The molecule has 0 spiro atoms. The highest BCUT2D eigenvalue weighted by Gasteiger charge is 2.37. The Morgan fingerprint density at radius 3 is 2.38 bits per heavy atom. The topological polar surface area (TPSA) is 61.3 Å². The van der Waals surface area contributed by atoms with Crippen molar-refractivity contribution in [3.63, 3.8) is 0 Å². The van der Waals surface area contributed by atoms with E-state index in [1.165, 1.54) is 0 Å². The second-order valence-electron chi connectivity index (χ2n) is 12.8. The molecule has 3 aromatic rings. The molecule has 0 bridgehead atoms. The summed E-state index contributed by atoms with van der Waals surface area (Å²) in [5.41, 5.74) is 4.57. The van der Waals surface area contributed by atoms with E-state index in [1.807, 2.05) is 77.4 Å². The Kier molecular flexibility index (Phi) is 9.08. The summed E-state index contributed by atoms with van der Waals surface area (Å²) in [5.74, 6) is -0.0315. The molecular formula is C37H45N5O3. The van der Waals surface area contributed by atoms with Gasteiger partial charge in [0.2, 0.25) is 0 Å². The van der Waals surface area contributed by atoms with Crippen LogP contribution in [-0.2, 0) is 22.6 Å². The van der Waals surface area contributed by atoms with E-state index in [0.29, 0.717) is 24.4 Å². The normalized spacial score (nSPS) is 21.7. The second kappa shape index (κ2) is 13.2. The molecule has 8 heteroatoms. The van der Waals surface area contributed by atoms with Crippen LogP contribution in [0.5, 0.6) is 0 Å². The number of carbonyl (C=O) groups is 2. The highest BCUT2D eigenvalue weighted by Crippen LogP contribution is 2.39. The number of nitrogens with zero attached hydrogens (tertiary/aromatic N) is 5. The van der Waals surface area contributed by atoms with Crippen LogP contribution in [0.2, 0.25) is 0 Å². The lowest BCUT2D eigenvalue weighted by molar-refractivity contribution is -0.115. The number of para-hydroxylation sites is 1. The van der Waals surface area contributed by atoms with Gasteiger partial charge < -0.3 is 24.0 Å². The number of ether oxygens (including phenoxy) is 1. The Hall–Kier alpha value is -3.98. The van der Waals surface area contributed by atoms with Gasteiger partial charge in [-0.3, -0.25) is 14.5 Å². The Morgan fingerprint density at radius 1 is 0.911 bits per heavy atom. The minimum Gasteiger partial charge on any atom is -0.373 e. The molecule has 0 saturated carbocycles. The third-order valence-electron chi connectivity index (χ3n) is 9.58. The van der Waals surface area contributed by atoms with Crippen molar-refractivity contribution < 1.29 is 14.3 Å². The van der Waals surface area contributed by atoms with Gasteiger partial charge in [-0.25, -0.2) is 0 Å². The van der Waals surface area contributed by atoms with Crippen LogP contribution in [-0.4, -0.2) is 97.2 Å². The van der Waals surface area contributed by atoms with Crippen molar-refractivity contribution >= 4 is 17.5 Å². The highest BCUT2D eigenvalue weighted by molar-refractivity contribution is 6.08. The number of methoxy groups -OCH3 is 1. The molecule has 2 aliphatic heterocycles. The molecule has 236 valence electrons. The van der Waals surface area contributed by atoms with Crippen LogP contribution in [0, 0.1) is 0 Å². The summed E-state index contributed by atoms with van der Waals surface area (Å²) in [7, 11) is 5.91. The molecule has 2 aromatic carbocycles. The largest absolute Gasteiger partial charge is 0.373 e. The lowest BCUT2D eigenvalue weighted by Crippen LogP contribution is -2.49. The van der Waals surface area contributed by atoms with Crippen LogP contribution in [0.25, 0.3) is 0 Å². The number of carbonyl (C=O) groups excluding carboxylic acids is 2. The Labute approximate surface area is 267 Å². The van der Waals surface area contributed by atoms with Gasteiger partial charge in [0, 0.05) is 56.2 Å². The van der Waals surface area contributed by atoms with Crippen molar-refractivity contribution in [1.29, 1.82) is 0 Å². The smallest absolute Gasteiger partial charge is 0.270 e. The van der Waals surface area contributed by atoms with Crippen molar-refractivity contribution in [3.05, 3.63) is 113 Å². The van der Waals surface area contributed by atoms with Gasteiger partial charge in [0.05, 0.1) is 18.7 Å². The zero-order valence-electron chi connectivity index (χ0n) is 27.0. The van der Waals surface area contributed by atoms with Gasteiger partial charge in [0.1, 0.15) is 5.69 Å². The number of piperazine rings is 1. The van der Waals surface area contributed by atoms with Crippen molar-refractivity contribution in [1.82, 2.24) is 19.3 Å². The lowest BCUT2D eigenvalue weighted by Gasteiger charge is -2.36. The fraction of sp³-hybridized carbons (Fsp3) is 0.405. The zero-order valence-corrected chi connectivity index (χ0v) is 27.0. The van der Waals surface area contributed by atoms with Crippen molar-refractivity contribution in [2.75, 3.05) is 65.4 Å². The first-order valence-corrected chi connectivity index (χ1v) is 16.0. The van der Waals surface area contributed by atoms with E-state index in [9.17, 15) is 9.59 Å². The standard InChI is InChI=1S/C37H45N5O3/c1-37(45-4)25-29(15-17-32(37)28-11-6-5-7-12-28)35(43)42-27-31-16-18-34(41(31)26-30-13-8-9-14-33(30)42)36(44)40-23-21-39(22-24-40)20-10-19-38(2)3/h5-9,11-18,25,32H,10,19-24,26-27H2,1-4H3. The Morgan fingerprint density at radius 2 is 1.64 bits per heavy atom. The SMILES string of the molecule is COC1(C)C=C(C(=O)N2Cc3ccc(C(=O)N4CCN(CCCN(C)C)CC4)n3Cc3ccccc32)C=CC1c1ccccc1. The van der Waals surface area contributed by atoms with Crippen LogP contribution < -0.4 is 4.90 Å². The van der Waals surface area contributed by atoms with Crippen LogP contribution in [0.3, 0.4) is 0 Å². The highest BCUT2D eigenvalue weighted by atomic mass is 16.5. The fourth-order valence-corrected chi connectivity index (χ4v) is 6.89. The fourth-order valence-electron chi connectivity index (χ4n) is 6.89. The average Bonchev–Trinajstić information content (AvgIpc) is 3.37. The van der Waals surface area contributed by atoms with Gasteiger partial charge >= 0.3 is 0 Å². The van der Waals surface area contributed by atoms with Crippen LogP contribution in [0.4, 0.5) is 5.69 Å². The molecule has 1 saturated heterocycles. The maximum Gasteiger partial charge on any atom is 0.270 e. The van der Waals surface area contributed by atoms with Crippen LogP contribution in [0.1, 0.15) is 46.6 Å². The van der Waals surface area contributed by atoms with Crippen LogP contribution in [0.15, 0.2) is 90.5 Å². The van der Waals surface area contributed by atoms with Gasteiger partial charge in [-0.15, -0.1) is 0 Å². The van der Waals surface area contributed by atoms with E-state index in [2.05, 4.69) is 52.7 Å². The number of anilines is 1. The van der Waals surface area contributed by atoms with E-state index in [4.69, 9.17) is 4.74 Å². The predicted molar refractivity (Wildman–Crippen MR) is 179 cm³/mol. The number of benzene rings is 2. The minimum absolute atomic E-state index is 0.0117. The Bertz CT molecular complexity index is 1580. The molecule has 3 aliphatic rings. The summed E-state index contributed by atoms with van der Waals surface area (Å²) in [6.45, 7) is 8.32. The van der Waals surface area contributed by atoms with Gasteiger partial charge in [0.15, 0.2) is 0 Å². The van der Waals surface area contributed by atoms with E-state index in [-0.39, 0.29) is 17.7 Å².